The van der Waals surface area contributed by atoms with Crippen LogP contribution in [-0.2, 0) is 4.79 Å². The van der Waals surface area contributed by atoms with Crippen molar-refractivity contribution in [1.82, 2.24) is 4.90 Å². The van der Waals surface area contributed by atoms with E-state index in [1.807, 2.05) is 11.8 Å². The Hall–Kier alpha value is -0.640. The maximum Gasteiger partial charge on any atom is 0.232 e. The third-order valence-corrected chi connectivity index (χ3v) is 3.99. The van der Waals surface area contributed by atoms with E-state index in [1.165, 1.54) is 6.42 Å². The molecule has 0 aromatic heterocycles. The van der Waals surface area contributed by atoms with Gasteiger partial charge in [0.05, 0.1) is 10.9 Å². The molecule has 0 spiro atoms. The van der Waals surface area contributed by atoms with Gasteiger partial charge in [-0.25, -0.2) is 0 Å². The van der Waals surface area contributed by atoms with Crippen LogP contribution in [0.3, 0.4) is 0 Å². The number of hydrogen-bond donors (Lipinski definition) is 1. The Kier molecular flexibility index (Phi) is 4.71. The largest absolute Gasteiger partial charge is 0.393 e. The molecule has 0 aromatic rings. The van der Waals surface area contributed by atoms with Crippen LogP contribution in [0.2, 0.25) is 0 Å². The topological polar surface area (TPSA) is 46.3 Å². The van der Waals surface area contributed by atoms with E-state index >= 15 is 0 Å². The number of thiocarbonyl (C=S) groups is 1. The summed E-state index contributed by atoms with van der Waals surface area (Å²) in [4.78, 5) is 14.6. The van der Waals surface area contributed by atoms with Gasteiger partial charge >= 0.3 is 0 Å². The van der Waals surface area contributed by atoms with E-state index in [0.29, 0.717) is 23.4 Å². The van der Waals surface area contributed by atoms with Crippen molar-refractivity contribution < 1.29 is 4.79 Å². The Bertz CT molecular complexity index is 280. The van der Waals surface area contributed by atoms with Gasteiger partial charge in [0.1, 0.15) is 0 Å². The Morgan fingerprint density at radius 3 is 2.69 bits per heavy atom. The highest BCUT2D eigenvalue weighted by molar-refractivity contribution is 7.80. The SMILES string of the molecule is CCC(C(=O)N1CCCC(C)C1C)C(N)=S. The summed E-state index contributed by atoms with van der Waals surface area (Å²) in [6.07, 6.45) is 2.99. The predicted molar refractivity (Wildman–Crippen MR) is 70.1 cm³/mol. The van der Waals surface area contributed by atoms with Crippen LogP contribution in [0.15, 0.2) is 0 Å². The minimum Gasteiger partial charge on any atom is -0.393 e. The number of rotatable bonds is 3. The van der Waals surface area contributed by atoms with Crippen molar-refractivity contribution in [3.63, 3.8) is 0 Å². The van der Waals surface area contributed by atoms with E-state index in [0.717, 1.165) is 13.0 Å². The van der Waals surface area contributed by atoms with Gasteiger partial charge in [-0.05, 0) is 32.1 Å². The first-order valence-electron chi connectivity index (χ1n) is 6.08. The van der Waals surface area contributed by atoms with E-state index in [4.69, 9.17) is 18.0 Å². The highest BCUT2D eigenvalue weighted by Gasteiger charge is 2.32. The summed E-state index contributed by atoms with van der Waals surface area (Å²) in [5.74, 6) is 0.415. The molecule has 0 radical (unpaired) electrons. The minimum absolute atomic E-state index is 0.119. The molecule has 1 saturated heterocycles. The molecule has 1 amide bonds. The molecule has 1 fully saturated rings. The van der Waals surface area contributed by atoms with E-state index in [9.17, 15) is 4.79 Å². The quantitative estimate of drug-likeness (QED) is 0.769. The lowest BCUT2D eigenvalue weighted by Crippen LogP contribution is -2.50. The third kappa shape index (κ3) is 2.73. The Balaban J connectivity index is 2.75. The number of carbonyl (C=O) groups is 1. The zero-order chi connectivity index (χ0) is 12.3. The molecular formula is C12H22N2OS. The van der Waals surface area contributed by atoms with Crippen molar-refractivity contribution in [3.05, 3.63) is 0 Å². The van der Waals surface area contributed by atoms with Crippen molar-refractivity contribution in [2.24, 2.45) is 17.6 Å². The van der Waals surface area contributed by atoms with Gasteiger partial charge in [-0.1, -0.05) is 26.1 Å². The summed E-state index contributed by atoms with van der Waals surface area (Å²) in [6, 6.07) is 0.310. The fourth-order valence-corrected chi connectivity index (χ4v) is 2.61. The second-order valence-electron chi connectivity index (χ2n) is 4.75. The normalized spacial score (nSPS) is 27.6. The number of carbonyl (C=O) groups excluding carboxylic acids is 1. The van der Waals surface area contributed by atoms with Crippen LogP contribution >= 0.6 is 12.2 Å². The van der Waals surface area contributed by atoms with E-state index in [2.05, 4.69) is 13.8 Å². The number of amides is 1. The first-order chi connectivity index (χ1) is 7.49. The van der Waals surface area contributed by atoms with Crippen LogP contribution in [0, 0.1) is 11.8 Å². The summed E-state index contributed by atoms with van der Waals surface area (Å²) in [7, 11) is 0. The van der Waals surface area contributed by atoms with Gasteiger partial charge in [0, 0.05) is 12.6 Å². The molecule has 0 aromatic carbocycles. The first-order valence-corrected chi connectivity index (χ1v) is 6.49. The molecule has 1 rings (SSSR count). The van der Waals surface area contributed by atoms with Gasteiger partial charge in [-0.2, -0.15) is 0 Å². The number of piperidine rings is 1. The monoisotopic (exact) mass is 242 g/mol. The number of nitrogens with zero attached hydrogens (tertiary/aromatic N) is 1. The van der Waals surface area contributed by atoms with Gasteiger partial charge < -0.3 is 10.6 Å². The lowest BCUT2D eigenvalue weighted by atomic mass is 9.90. The highest BCUT2D eigenvalue weighted by atomic mass is 32.1. The van der Waals surface area contributed by atoms with Crippen LogP contribution in [0.5, 0.6) is 0 Å². The summed E-state index contributed by atoms with van der Waals surface area (Å²) in [5, 5.41) is 0. The summed E-state index contributed by atoms with van der Waals surface area (Å²) in [5.41, 5.74) is 5.62. The molecule has 0 aliphatic carbocycles. The van der Waals surface area contributed by atoms with Crippen LogP contribution in [0.1, 0.15) is 40.0 Å². The van der Waals surface area contributed by atoms with E-state index < -0.39 is 0 Å². The molecule has 4 heteroatoms. The molecule has 16 heavy (non-hydrogen) atoms. The second-order valence-corrected chi connectivity index (χ2v) is 5.23. The standard InChI is InChI=1S/C12H22N2OS/c1-4-10(11(13)16)12(15)14-7-5-6-8(2)9(14)3/h8-10H,4-7H2,1-3H3,(H2,13,16). The molecule has 92 valence electrons. The lowest BCUT2D eigenvalue weighted by Gasteiger charge is -2.39. The molecular weight excluding hydrogens is 220 g/mol. The minimum atomic E-state index is -0.275. The maximum atomic E-state index is 12.3. The number of hydrogen-bond acceptors (Lipinski definition) is 2. The molecule has 0 saturated carbocycles. The molecule has 3 nitrogen and oxygen atoms in total. The fraction of sp³-hybridized carbons (Fsp3) is 0.833. The molecule has 2 N–H and O–H groups in total. The molecule has 1 aliphatic heterocycles. The van der Waals surface area contributed by atoms with Crippen LogP contribution < -0.4 is 5.73 Å². The Morgan fingerprint density at radius 1 is 1.56 bits per heavy atom. The molecule has 1 heterocycles. The smallest absolute Gasteiger partial charge is 0.232 e. The molecule has 3 unspecified atom stereocenters. The van der Waals surface area contributed by atoms with Crippen molar-refractivity contribution in [2.75, 3.05) is 6.54 Å². The Morgan fingerprint density at radius 2 is 2.19 bits per heavy atom. The van der Waals surface area contributed by atoms with Crippen LogP contribution in [-0.4, -0.2) is 28.4 Å². The summed E-state index contributed by atoms with van der Waals surface area (Å²) < 4.78 is 0. The zero-order valence-electron chi connectivity index (χ0n) is 10.4. The van der Waals surface area contributed by atoms with Gasteiger partial charge in [0.2, 0.25) is 5.91 Å². The molecule has 1 aliphatic rings. The Labute approximate surface area is 103 Å². The van der Waals surface area contributed by atoms with Crippen molar-refractivity contribution in [2.45, 2.75) is 46.1 Å². The van der Waals surface area contributed by atoms with E-state index in [-0.39, 0.29) is 11.8 Å². The van der Waals surface area contributed by atoms with E-state index in [1.54, 1.807) is 0 Å². The van der Waals surface area contributed by atoms with Crippen molar-refractivity contribution in [1.29, 1.82) is 0 Å². The highest BCUT2D eigenvalue weighted by Crippen LogP contribution is 2.25. The number of nitrogens with two attached hydrogens (primary N) is 1. The van der Waals surface area contributed by atoms with Gasteiger partial charge in [-0.3, -0.25) is 4.79 Å². The average molecular weight is 242 g/mol. The summed E-state index contributed by atoms with van der Waals surface area (Å²) in [6.45, 7) is 7.13. The van der Waals surface area contributed by atoms with Crippen LogP contribution in [0.25, 0.3) is 0 Å². The fourth-order valence-electron chi connectivity index (χ4n) is 2.34. The number of likely N-dealkylation sites (tertiary alicyclic amines) is 1. The van der Waals surface area contributed by atoms with Crippen LogP contribution in [0.4, 0.5) is 0 Å². The predicted octanol–water partition coefficient (Wildman–Crippen LogP) is 1.95. The maximum absolute atomic E-state index is 12.3. The third-order valence-electron chi connectivity index (χ3n) is 3.71. The molecule has 3 atom stereocenters. The summed E-state index contributed by atoms with van der Waals surface area (Å²) >= 11 is 4.96. The van der Waals surface area contributed by atoms with Crippen molar-refractivity contribution >= 4 is 23.1 Å². The van der Waals surface area contributed by atoms with Gasteiger partial charge in [-0.15, -0.1) is 0 Å². The van der Waals surface area contributed by atoms with Gasteiger partial charge in [0.25, 0.3) is 0 Å². The average Bonchev–Trinajstić information content (AvgIpc) is 2.22. The molecule has 0 bridgehead atoms. The second kappa shape index (κ2) is 5.62. The van der Waals surface area contributed by atoms with Gasteiger partial charge in [0.15, 0.2) is 0 Å². The zero-order valence-corrected chi connectivity index (χ0v) is 11.2. The van der Waals surface area contributed by atoms with Crippen molar-refractivity contribution in [3.8, 4) is 0 Å². The first kappa shape index (κ1) is 13.4. The lowest BCUT2D eigenvalue weighted by molar-refractivity contribution is -0.138.